The maximum atomic E-state index is 12.8. The lowest BCUT2D eigenvalue weighted by molar-refractivity contribution is -0.144. The van der Waals surface area contributed by atoms with Gasteiger partial charge in [-0.3, -0.25) is 14.5 Å². The number of benzene rings is 1. The number of carbonyl (C=O) groups is 2. The normalized spacial score (nSPS) is 17.2. The van der Waals surface area contributed by atoms with Gasteiger partial charge in [-0.05, 0) is 70.1 Å². The molecule has 8 nitrogen and oxygen atoms in total. The molecular formula is C28H38N4O4. The summed E-state index contributed by atoms with van der Waals surface area (Å²) in [4.78, 5) is 31.7. The number of para-hydroxylation sites is 1. The van der Waals surface area contributed by atoms with Crippen molar-refractivity contribution in [2.45, 2.75) is 64.5 Å². The zero-order valence-corrected chi connectivity index (χ0v) is 21.3. The highest BCUT2D eigenvalue weighted by Gasteiger charge is 2.34. The standard InChI is InChI=1S/C28H38N4O4/c1-19(2)36-24-10-4-3-9-23(24)25(28(34)35)32-17-13-21(14-18-32)27(33)30-16-6-8-22-12-11-20-7-5-15-29-26(20)31-22/h3-4,9-12,19,21,25H,5-8,13-18H2,1-2H3,(H,29,31)(H,30,33)(H,34,35). The maximum Gasteiger partial charge on any atom is 0.325 e. The van der Waals surface area contributed by atoms with Crippen LogP contribution in [-0.2, 0) is 22.4 Å². The molecule has 3 N–H and O–H groups in total. The second-order valence-electron chi connectivity index (χ2n) is 9.99. The molecule has 1 amide bonds. The highest BCUT2D eigenvalue weighted by atomic mass is 16.5. The number of aryl methyl sites for hydroxylation is 2. The fraction of sp³-hybridized carbons (Fsp3) is 0.536. The van der Waals surface area contributed by atoms with E-state index < -0.39 is 12.0 Å². The summed E-state index contributed by atoms with van der Waals surface area (Å²) in [5.41, 5.74) is 2.99. The van der Waals surface area contributed by atoms with E-state index in [0.29, 0.717) is 43.8 Å². The summed E-state index contributed by atoms with van der Waals surface area (Å²) in [6, 6.07) is 10.8. The number of carbonyl (C=O) groups excluding carboxylic acids is 1. The Bertz CT molecular complexity index is 1050. The van der Waals surface area contributed by atoms with E-state index in [2.05, 4.69) is 22.8 Å². The molecule has 1 saturated heterocycles. The average Bonchev–Trinajstić information content (AvgIpc) is 2.87. The first-order valence-electron chi connectivity index (χ1n) is 13.1. The third kappa shape index (κ3) is 6.55. The largest absolute Gasteiger partial charge is 0.491 e. The third-order valence-electron chi connectivity index (χ3n) is 6.94. The molecule has 0 aliphatic carbocycles. The quantitative estimate of drug-likeness (QED) is 0.432. The molecule has 0 bridgehead atoms. The monoisotopic (exact) mass is 494 g/mol. The molecule has 1 unspecified atom stereocenters. The maximum absolute atomic E-state index is 12.8. The van der Waals surface area contributed by atoms with Gasteiger partial charge < -0.3 is 20.5 Å². The minimum atomic E-state index is -0.899. The van der Waals surface area contributed by atoms with Gasteiger partial charge in [-0.2, -0.15) is 0 Å². The van der Waals surface area contributed by atoms with Crippen molar-refractivity contribution in [3.05, 3.63) is 53.2 Å². The molecule has 2 aromatic rings. The van der Waals surface area contributed by atoms with Crippen molar-refractivity contribution in [1.82, 2.24) is 15.2 Å². The van der Waals surface area contributed by atoms with Crippen LogP contribution >= 0.6 is 0 Å². The Balaban J connectivity index is 1.25. The molecule has 1 aromatic heterocycles. The number of carboxylic acids is 1. The van der Waals surface area contributed by atoms with Gasteiger partial charge in [-0.1, -0.05) is 24.3 Å². The van der Waals surface area contributed by atoms with Crippen molar-refractivity contribution < 1.29 is 19.4 Å². The number of piperidine rings is 1. The number of aliphatic carboxylic acids is 1. The van der Waals surface area contributed by atoms with E-state index >= 15 is 0 Å². The second kappa shape index (κ2) is 12.2. The number of pyridine rings is 1. The number of anilines is 1. The number of carboxylic acid groups (broad SMARTS) is 1. The van der Waals surface area contributed by atoms with Gasteiger partial charge in [0, 0.05) is 43.4 Å². The highest BCUT2D eigenvalue weighted by molar-refractivity contribution is 5.79. The molecule has 2 aliphatic heterocycles. The Morgan fingerprint density at radius 1 is 1.19 bits per heavy atom. The van der Waals surface area contributed by atoms with Crippen LogP contribution in [0, 0.1) is 5.92 Å². The van der Waals surface area contributed by atoms with Crippen molar-refractivity contribution in [1.29, 1.82) is 0 Å². The molecule has 4 rings (SSSR count). The van der Waals surface area contributed by atoms with Crippen LogP contribution in [0.1, 0.15) is 62.4 Å². The Hall–Kier alpha value is -3.13. The third-order valence-corrected chi connectivity index (χ3v) is 6.94. The first-order valence-corrected chi connectivity index (χ1v) is 13.1. The van der Waals surface area contributed by atoms with Crippen molar-refractivity contribution in [3.63, 3.8) is 0 Å². The minimum absolute atomic E-state index is 0.0466. The lowest BCUT2D eigenvalue weighted by Crippen LogP contribution is -2.44. The second-order valence-corrected chi connectivity index (χ2v) is 9.99. The smallest absolute Gasteiger partial charge is 0.325 e. The number of aromatic nitrogens is 1. The van der Waals surface area contributed by atoms with Crippen LogP contribution in [0.25, 0.3) is 0 Å². The zero-order chi connectivity index (χ0) is 25.5. The van der Waals surface area contributed by atoms with Crippen molar-refractivity contribution in [2.75, 3.05) is 31.5 Å². The number of ether oxygens (including phenoxy) is 1. The van der Waals surface area contributed by atoms with Gasteiger partial charge >= 0.3 is 5.97 Å². The Morgan fingerprint density at radius 2 is 1.97 bits per heavy atom. The van der Waals surface area contributed by atoms with Crippen molar-refractivity contribution in [2.24, 2.45) is 5.92 Å². The summed E-state index contributed by atoms with van der Waals surface area (Å²) in [6.45, 7) is 6.55. The summed E-state index contributed by atoms with van der Waals surface area (Å²) < 4.78 is 5.88. The van der Waals surface area contributed by atoms with E-state index in [0.717, 1.165) is 43.7 Å². The van der Waals surface area contributed by atoms with Gasteiger partial charge in [0.15, 0.2) is 0 Å². The molecule has 2 aliphatic rings. The molecule has 8 heteroatoms. The molecule has 0 spiro atoms. The van der Waals surface area contributed by atoms with Crippen LogP contribution in [0.3, 0.4) is 0 Å². The van der Waals surface area contributed by atoms with Crippen LogP contribution in [0.5, 0.6) is 5.75 Å². The fourth-order valence-electron chi connectivity index (χ4n) is 5.11. The summed E-state index contributed by atoms with van der Waals surface area (Å²) in [5.74, 6) is 0.675. The molecule has 1 fully saturated rings. The predicted octanol–water partition coefficient (Wildman–Crippen LogP) is 3.81. The number of amides is 1. The number of likely N-dealkylation sites (tertiary alicyclic amines) is 1. The van der Waals surface area contributed by atoms with Crippen molar-refractivity contribution in [3.8, 4) is 5.75 Å². The van der Waals surface area contributed by atoms with E-state index in [1.54, 1.807) is 0 Å². The van der Waals surface area contributed by atoms with Crippen LogP contribution in [0.2, 0.25) is 0 Å². The number of nitrogens with one attached hydrogen (secondary N) is 2. The van der Waals surface area contributed by atoms with Gasteiger partial charge in [0.25, 0.3) is 0 Å². The number of rotatable bonds is 10. The van der Waals surface area contributed by atoms with Gasteiger partial charge in [0.2, 0.25) is 5.91 Å². The van der Waals surface area contributed by atoms with Gasteiger partial charge in [0.1, 0.15) is 17.6 Å². The molecule has 1 atom stereocenters. The molecule has 194 valence electrons. The number of fused-ring (bicyclic) bond motifs is 1. The Labute approximate surface area is 213 Å². The van der Waals surface area contributed by atoms with E-state index in [9.17, 15) is 14.7 Å². The summed E-state index contributed by atoms with van der Waals surface area (Å²) in [5, 5.41) is 16.5. The first kappa shape index (κ1) is 25.9. The number of nitrogens with zero attached hydrogens (tertiary/aromatic N) is 2. The van der Waals surface area contributed by atoms with Crippen molar-refractivity contribution >= 4 is 17.7 Å². The molecule has 0 radical (unpaired) electrons. The summed E-state index contributed by atoms with van der Waals surface area (Å²) in [6.07, 6.45) is 5.12. The average molecular weight is 495 g/mol. The van der Waals surface area contributed by atoms with Crippen LogP contribution in [0.15, 0.2) is 36.4 Å². The SMILES string of the molecule is CC(C)Oc1ccccc1C(C(=O)O)N1CCC(C(=O)NCCCc2ccc3c(n2)NCCC3)CC1. The molecule has 36 heavy (non-hydrogen) atoms. The van der Waals surface area contributed by atoms with Gasteiger partial charge in [0.05, 0.1) is 6.10 Å². The number of hydrogen-bond acceptors (Lipinski definition) is 6. The van der Waals surface area contributed by atoms with E-state index in [1.165, 1.54) is 5.56 Å². The summed E-state index contributed by atoms with van der Waals surface area (Å²) in [7, 11) is 0. The number of hydrogen-bond donors (Lipinski definition) is 3. The first-order chi connectivity index (χ1) is 17.4. The molecule has 3 heterocycles. The Morgan fingerprint density at radius 3 is 2.72 bits per heavy atom. The molecule has 0 saturated carbocycles. The van der Waals surface area contributed by atoms with Gasteiger partial charge in [-0.15, -0.1) is 0 Å². The predicted molar refractivity (Wildman–Crippen MR) is 139 cm³/mol. The molecule has 1 aromatic carbocycles. The van der Waals surface area contributed by atoms with Crippen LogP contribution in [-0.4, -0.2) is 59.1 Å². The van der Waals surface area contributed by atoms with E-state index in [4.69, 9.17) is 9.72 Å². The fourth-order valence-corrected chi connectivity index (χ4v) is 5.11. The van der Waals surface area contributed by atoms with E-state index in [-0.39, 0.29) is 17.9 Å². The molecular weight excluding hydrogens is 456 g/mol. The van der Waals surface area contributed by atoms with E-state index in [1.807, 2.05) is 43.0 Å². The lowest BCUT2D eigenvalue weighted by Gasteiger charge is -2.36. The zero-order valence-electron chi connectivity index (χ0n) is 21.3. The van der Waals surface area contributed by atoms with Crippen LogP contribution in [0.4, 0.5) is 5.82 Å². The van der Waals surface area contributed by atoms with Gasteiger partial charge in [-0.25, -0.2) is 4.98 Å². The minimum Gasteiger partial charge on any atom is -0.491 e. The topological polar surface area (TPSA) is 104 Å². The Kier molecular flexibility index (Phi) is 8.80. The highest BCUT2D eigenvalue weighted by Crippen LogP contribution is 2.33. The summed E-state index contributed by atoms with van der Waals surface area (Å²) >= 11 is 0. The van der Waals surface area contributed by atoms with Crippen LogP contribution < -0.4 is 15.4 Å². The lowest BCUT2D eigenvalue weighted by atomic mass is 9.93.